The minimum Gasteiger partial charge on any atom is -0.511 e. The van der Waals surface area contributed by atoms with Crippen molar-refractivity contribution in [2.24, 2.45) is 5.41 Å². The average Bonchev–Trinajstić information content (AvgIpc) is 1.60. The summed E-state index contributed by atoms with van der Waals surface area (Å²) >= 11 is 0. The molecule has 0 aromatic carbocycles. The van der Waals surface area contributed by atoms with Crippen LogP contribution in [0.15, 0.2) is 11.8 Å². The quantitative estimate of drug-likeness (QED) is 0.391. The Bertz CT molecular complexity index is 167. The molecule has 0 aliphatic carbocycles. The van der Waals surface area contributed by atoms with Crippen molar-refractivity contribution in [1.82, 2.24) is 0 Å². The van der Waals surface area contributed by atoms with Gasteiger partial charge in [0.1, 0.15) is 5.76 Å². The molecule has 0 saturated carbocycles. The fourth-order valence-electron chi connectivity index (χ4n) is 0.333. The minimum atomic E-state index is -1.12. The first-order valence-corrected chi connectivity index (χ1v) is 2.98. The number of allylic oxidation sites excluding steroid dienone is 1. The van der Waals surface area contributed by atoms with Crippen LogP contribution in [0.1, 0.15) is 20.8 Å². The van der Waals surface area contributed by atoms with Crippen LogP contribution in [-0.4, -0.2) is 16.2 Å². The van der Waals surface area contributed by atoms with Gasteiger partial charge in [-0.3, -0.25) is 0 Å². The first-order chi connectivity index (χ1) is 4.34. The molecular formula is C7H12O3Zn. The standard InChI is InChI=1S/C7H12O3.Zn/c1-7(2,3)5(8)4-6(9)10;/h4,8H,1-3H3,(H,9,10);/b5-4-;. The molecule has 0 spiro atoms. The summed E-state index contributed by atoms with van der Waals surface area (Å²) in [7, 11) is 0. The van der Waals surface area contributed by atoms with Gasteiger partial charge in [0.05, 0.1) is 6.08 Å². The van der Waals surface area contributed by atoms with Crippen LogP contribution in [0.25, 0.3) is 0 Å². The van der Waals surface area contributed by atoms with Gasteiger partial charge in [-0.1, -0.05) is 20.8 Å². The third kappa shape index (κ3) is 6.05. The molecule has 60 valence electrons. The van der Waals surface area contributed by atoms with E-state index in [2.05, 4.69) is 0 Å². The summed E-state index contributed by atoms with van der Waals surface area (Å²) in [4.78, 5) is 10.0. The Morgan fingerprint density at radius 1 is 1.27 bits per heavy atom. The summed E-state index contributed by atoms with van der Waals surface area (Å²) < 4.78 is 0. The molecular weight excluding hydrogens is 197 g/mol. The third-order valence-electron chi connectivity index (χ3n) is 1.03. The SMILES string of the molecule is CC(C)(C)/C(O)=C/C(=O)O.[Zn]. The van der Waals surface area contributed by atoms with Gasteiger partial charge in [-0.15, -0.1) is 0 Å². The van der Waals surface area contributed by atoms with E-state index in [1.807, 2.05) is 0 Å². The Labute approximate surface area is 78.9 Å². The largest absolute Gasteiger partial charge is 0.511 e. The number of rotatable bonds is 1. The molecule has 0 saturated heterocycles. The number of carbonyl (C=O) groups is 1. The topological polar surface area (TPSA) is 57.5 Å². The fourth-order valence-corrected chi connectivity index (χ4v) is 0.333. The first-order valence-electron chi connectivity index (χ1n) is 2.98. The van der Waals surface area contributed by atoms with Crippen molar-refractivity contribution >= 4 is 5.97 Å². The maximum atomic E-state index is 10.0. The molecule has 4 heteroatoms. The molecule has 0 radical (unpaired) electrons. The molecule has 0 bridgehead atoms. The van der Waals surface area contributed by atoms with E-state index in [4.69, 9.17) is 10.2 Å². The van der Waals surface area contributed by atoms with Crippen molar-refractivity contribution in [1.29, 1.82) is 0 Å². The van der Waals surface area contributed by atoms with E-state index in [1.54, 1.807) is 20.8 Å². The molecule has 0 unspecified atom stereocenters. The van der Waals surface area contributed by atoms with Gasteiger partial charge in [-0.05, 0) is 0 Å². The van der Waals surface area contributed by atoms with Crippen molar-refractivity contribution in [3.05, 3.63) is 11.8 Å². The molecule has 0 fully saturated rings. The molecule has 0 rings (SSSR count). The van der Waals surface area contributed by atoms with Crippen LogP contribution in [0.2, 0.25) is 0 Å². The third-order valence-corrected chi connectivity index (χ3v) is 1.03. The predicted molar refractivity (Wildman–Crippen MR) is 37.8 cm³/mol. The summed E-state index contributed by atoms with van der Waals surface area (Å²) in [6.45, 7) is 5.21. The van der Waals surface area contributed by atoms with E-state index in [0.29, 0.717) is 0 Å². The van der Waals surface area contributed by atoms with Crippen LogP contribution >= 0.6 is 0 Å². The van der Waals surface area contributed by atoms with Crippen LogP contribution in [0.4, 0.5) is 0 Å². The number of aliphatic carboxylic acids is 1. The van der Waals surface area contributed by atoms with Crippen LogP contribution < -0.4 is 0 Å². The van der Waals surface area contributed by atoms with Crippen molar-refractivity contribution in [3.8, 4) is 0 Å². The molecule has 0 aromatic rings. The van der Waals surface area contributed by atoms with Crippen LogP contribution in [-0.2, 0) is 24.3 Å². The number of carboxylic acids is 1. The Kier molecular flexibility index (Phi) is 5.41. The van der Waals surface area contributed by atoms with Crippen molar-refractivity contribution < 1.29 is 34.5 Å². The number of carboxylic acid groups (broad SMARTS) is 1. The average molecular weight is 210 g/mol. The molecule has 11 heavy (non-hydrogen) atoms. The maximum absolute atomic E-state index is 10.0. The Hall–Kier alpha value is -0.367. The molecule has 0 aliphatic rings. The normalized spacial score (nSPS) is 12.1. The summed E-state index contributed by atoms with van der Waals surface area (Å²) in [6.07, 6.45) is 0.806. The van der Waals surface area contributed by atoms with Crippen LogP contribution in [0.3, 0.4) is 0 Å². The van der Waals surface area contributed by atoms with Crippen LogP contribution in [0, 0.1) is 5.41 Å². The second-order valence-corrected chi connectivity index (χ2v) is 3.12. The van der Waals surface area contributed by atoms with Gasteiger partial charge in [0.2, 0.25) is 0 Å². The smallest absolute Gasteiger partial charge is 0.331 e. The summed E-state index contributed by atoms with van der Waals surface area (Å²) in [5.41, 5.74) is -0.474. The Morgan fingerprint density at radius 2 is 1.64 bits per heavy atom. The molecule has 0 aromatic heterocycles. The molecule has 3 nitrogen and oxygen atoms in total. The first kappa shape index (κ1) is 13.2. The van der Waals surface area contributed by atoms with Gasteiger partial charge in [-0.25, -0.2) is 4.79 Å². The molecule has 0 amide bonds. The van der Waals surface area contributed by atoms with E-state index in [9.17, 15) is 4.79 Å². The minimum absolute atomic E-state index is 0. The van der Waals surface area contributed by atoms with Gasteiger partial charge in [0.15, 0.2) is 0 Å². The van der Waals surface area contributed by atoms with Gasteiger partial charge in [-0.2, -0.15) is 0 Å². The summed E-state index contributed by atoms with van der Waals surface area (Å²) in [5.74, 6) is -1.23. The summed E-state index contributed by atoms with van der Waals surface area (Å²) in [6, 6.07) is 0. The maximum Gasteiger partial charge on any atom is 0.331 e. The van der Waals surface area contributed by atoms with E-state index >= 15 is 0 Å². The van der Waals surface area contributed by atoms with Crippen molar-refractivity contribution in [2.45, 2.75) is 20.8 Å². The number of hydrogen-bond acceptors (Lipinski definition) is 2. The van der Waals surface area contributed by atoms with Crippen molar-refractivity contribution in [2.75, 3.05) is 0 Å². The monoisotopic (exact) mass is 208 g/mol. The number of aliphatic hydroxyl groups excluding tert-OH is 1. The van der Waals surface area contributed by atoms with E-state index < -0.39 is 11.4 Å². The Morgan fingerprint density at radius 3 is 1.73 bits per heavy atom. The zero-order valence-electron chi connectivity index (χ0n) is 7.09. The van der Waals surface area contributed by atoms with E-state index in [1.165, 1.54) is 0 Å². The van der Waals surface area contributed by atoms with Crippen molar-refractivity contribution in [3.63, 3.8) is 0 Å². The van der Waals surface area contributed by atoms with Crippen LogP contribution in [0.5, 0.6) is 0 Å². The van der Waals surface area contributed by atoms with Gasteiger partial charge >= 0.3 is 5.97 Å². The second-order valence-electron chi connectivity index (χ2n) is 3.12. The second kappa shape index (κ2) is 4.50. The Balaban J connectivity index is 0. The zero-order valence-corrected chi connectivity index (χ0v) is 10.1. The number of aliphatic hydroxyl groups is 1. The predicted octanol–water partition coefficient (Wildman–Crippen LogP) is 1.56. The summed E-state index contributed by atoms with van der Waals surface area (Å²) in [5, 5.41) is 17.2. The zero-order chi connectivity index (χ0) is 8.36. The van der Waals surface area contributed by atoms with E-state index in [-0.39, 0.29) is 25.2 Å². The molecule has 2 N–H and O–H groups in total. The molecule has 0 heterocycles. The molecule has 0 atom stereocenters. The van der Waals surface area contributed by atoms with Gasteiger partial charge in [0, 0.05) is 24.9 Å². The van der Waals surface area contributed by atoms with E-state index in [0.717, 1.165) is 6.08 Å². The number of hydrogen-bond donors (Lipinski definition) is 2. The van der Waals surface area contributed by atoms with Gasteiger partial charge < -0.3 is 10.2 Å². The fraction of sp³-hybridized carbons (Fsp3) is 0.571. The van der Waals surface area contributed by atoms with Gasteiger partial charge in [0.25, 0.3) is 0 Å². The molecule has 0 aliphatic heterocycles.